The van der Waals surface area contributed by atoms with Gasteiger partial charge in [0.15, 0.2) is 0 Å². The van der Waals surface area contributed by atoms with E-state index in [4.69, 9.17) is 0 Å². The van der Waals surface area contributed by atoms with Gasteiger partial charge >= 0.3 is 0 Å². The molecule has 1 N–H and O–H groups in total. The van der Waals surface area contributed by atoms with Crippen LogP contribution >= 0.6 is 0 Å². The fraction of sp³-hybridized carbons (Fsp3) is 1.00. The second kappa shape index (κ2) is 8.93. The summed E-state index contributed by atoms with van der Waals surface area (Å²) in [6.07, 6.45) is 11.3. The summed E-state index contributed by atoms with van der Waals surface area (Å²) in [4.78, 5) is 2.73. The fourth-order valence-corrected chi connectivity index (χ4v) is 2.95. The molecule has 0 aliphatic heterocycles. The van der Waals surface area contributed by atoms with Crippen LogP contribution in [0.25, 0.3) is 0 Å². The van der Waals surface area contributed by atoms with Gasteiger partial charge in [0.2, 0.25) is 0 Å². The molecule has 0 aromatic heterocycles. The first-order valence-corrected chi connectivity index (χ1v) is 7.69. The van der Waals surface area contributed by atoms with Crippen molar-refractivity contribution in [2.75, 3.05) is 20.1 Å². The van der Waals surface area contributed by atoms with Crippen LogP contribution in [0, 0.1) is 0 Å². The predicted octanol–water partition coefficient (Wildman–Crippen LogP) is 3.42. The number of rotatable bonds is 8. The summed E-state index contributed by atoms with van der Waals surface area (Å²) in [7, 11) is 2.06. The highest BCUT2D eigenvalue weighted by atomic mass is 15.1. The first-order valence-electron chi connectivity index (χ1n) is 7.69. The van der Waals surface area contributed by atoms with Gasteiger partial charge in [-0.25, -0.2) is 0 Å². The molecule has 17 heavy (non-hydrogen) atoms. The highest BCUT2D eigenvalue weighted by Gasteiger charge is 2.19. The Labute approximate surface area is 108 Å². The van der Waals surface area contributed by atoms with Crippen molar-refractivity contribution in [1.29, 1.82) is 0 Å². The molecule has 102 valence electrons. The van der Waals surface area contributed by atoms with Crippen molar-refractivity contribution in [3.63, 3.8) is 0 Å². The second-order valence-corrected chi connectivity index (χ2v) is 5.61. The zero-order chi connectivity index (χ0) is 12.5. The Morgan fingerprint density at radius 1 is 1.18 bits per heavy atom. The predicted molar refractivity (Wildman–Crippen MR) is 76.5 cm³/mol. The van der Waals surface area contributed by atoms with Crippen molar-refractivity contribution >= 4 is 0 Å². The molecule has 2 heteroatoms. The highest BCUT2D eigenvalue weighted by Crippen LogP contribution is 2.22. The molecule has 0 radical (unpaired) electrons. The van der Waals surface area contributed by atoms with E-state index in [0.717, 1.165) is 6.04 Å². The maximum atomic E-state index is 3.32. The number of nitrogens with one attached hydrogen (secondary N) is 1. The van der Waals surface area contributed by atoms with Gasteiger partial charge in [-0.3, -0.25) is 0 Å². The molecule has 1 atom stereocenters. The van der Waals surface area contributed by atoms with E-state index in [1.165, 1.54) is 64.5 Å². The van der Waals surface area contributed by atoms with Gasteiger partial charge in [0.05, 0.1) is 0 Å². The molecule has 1 unspecified atom stereocenters. The molecule has 0 amide bonds. The second-order valence-electron chi connectivity index (χ2n) is 5.61. The zero-order valence-corrected chi connectivity index (χ0v) is 12.2. The van der Waals surface area contributed by atoms with Crippen molar-refractivity contribution in [3.05, 3.63) is 0 Å². The van der Waals surface area contributed by atoms with Crippen LogP contribution in [0.15, 0.2) is 0 Å². The summed E-state index contributed by atoms with van der Waals surface area (Å²) in [6, 6.07) is 1.58. The lowest BCUT2D eigenvalue weighted by Crippen LogP contribution is -2.37. The Morgan fingerprint density at radius 2 is 1.88 bits per heavy atom. The summed E-state index contributed by atoms with van der Waals surface area (Å²) in [5, 5.41) is 3.32. The van der Waals surface area contributed by atoms with Crippen LogP contribution < -0.4 is 5.32 Å². The fourth-order valence-electron chi connectivity index (χ4n) is 2.95. The maximum Gasteiger partial charge on any atom is 0.00951 e. The Kier molecular flexibility index (Phi) is 7.87. The minimum Gasteiger partial charge on any atom is -0.317 e. The van der Waals surface area contributed by atoms with Crippen LogP contribution in [-0.2, 0) is 0 Å². The average Bonchev–Trinajstić information content (AvgIpc) is 2.39. The molecule has 1 aliphatic carbocycles. The first-order chi connectivity index (χ1) is 8.27. The van der Waals surface area contributed by atoms with Crippen LogP contribution in [0.3, 0.4) is 0 Å². The van der Waals surface area contributed by atoms with E-state index >= 15 is 0 Å². The summed E-state index contributed by atoms with van der Waals surface area (Å²) in [6.45, 7) is 7.16. The van der Waals surface area contributed by atoms with Gasteiger partial charge < -0.3 is 10.2 Å². The summed E-state index contributed by atoms with van der Waals surface area (Å²) in [5.74, 6) is 0. The third-order valence-electron chi connectivity index (χ3n) is 4.32. The van der Waals surface area contributed by atoms with Crippen LogP contribution in [-0.4, -0.2) is 37.1 Å². The van der Waals surface area contributed by atoms with E-state index in [1.54, 1.807) is 0 Å². The molecular formula is C15H32N2. The molecule has 1 rings (SSSR count). The largest absolute Gasteiger partial charge is 0.317 e. The van der Waals surface area contributed by atoms with Crippen LogP contribution in [0.4, 0.5) is 0 Å². The van der Waals surface area contributed by atoms with Gasteiger partial charge in [-0.15, -0.1) is 0 Å². The topological polar surface area (TPSA) is 15.3 Å². The first kappa shape index (κ1) is 15.0. The Balaban J connectivity index is 2.13. The van der Waals surface area contributed by atoms with Crippen LogP contribution in [0.1, 0.15) is 65.2 Å². The van der Waals surface area contributed by atoms with E-state index in [0.29, 0.717) is 6.04 Å². The van der Waals surface area contributed by atoms with Crippen molar-refractivity contribution in [2.24, 2.45) is 0 Å². The van der Waals surface area contributed by atoms with E-state index in [9.17, 15) is 0 Å². The van der Waals surface area contributed by atoms with Crippen molar-refractivity contribution in [1.82, 2.24) is 10.2 Å². The molecule has 0 aromatic rings. The smallest absolute Gasteiger partial charge is 0.00951 e. The molecular weight excluding hydrogens is 208 g/mol. The molecule has 0 bridgehead atoms. The average molecular weight is 240 g/mol. The molecule has 0 heterocycles. The summed E-state index contributed by atoms with van der Waals surface area (Å²) >= 11 is 0. The van der Waals surface area contributed by atoms with E-state index < -0.39 is 0 Å². The van der Waals surface area contributed by atoms with Gasteiger partial charge in [0.25, 0.3) is 0 Å². The Hall–Kier alpha value is -0.0800. The molecule has 1 aliphatic rings. The van der Waals surface area contributed by atoms with Gasteiger partial charge in [-0.05, 0) is 52.7 Å². The maximum absolute atomic E-state index is 3.32. The van der Waals surface area contributed by atoms with Crippen molar-refractivity contribution in [3.8, 4) is 0 Å². The summed E-state index contributed by atoms with van der Waals surface area (Å²) in [5.41, 5.74) is 0. The lowest BCUT2D eigenvalue weighted by Gasteiger charge is -2.33. The van der Waals surface area contributed by atoms with E-state index in [-0.39, 0.29) is 0 Å². The normalized spacial score (nSPS) is 19.8. The Bertz CT molecular complexity index is 176. The molecule has 2 nitrogen and oxygen atoms in total. The lowest BCUT2D eigenvalue weighted by atomic mass is 9.94. The minimum atomic E-state index is 0.680. The molecule has 0 saturated heterocycles. The van der Waals surface area contributed by atoms with Crippen LogP contribution in [0.2, 0.25) is 0 Å². The van der Waals surface area contributed by atoms with Gasteiger partial charge in [0.1, 0.15) is 0 Å². The third kappa shape index (κ3) is 5.87. The number of hydrogen-bond acceptors (Lipinski definition) is 2. The number of nitrogens with zero attached hydrogens (tertiary/aromatic N) is 1. The SMILES string of the molecule is CCN(CCCCC(C)NC)C1CCCCC1. The zero-order valence-electron chi connectivity index (χ0n) is 12.2. The van der Waals surface area contributed by atoms with E-state index in [1.807, 2.05) is 0 Å². The molecule has 0 spiro atoms. The third-order valence-corrected chi connectivity index (χ3v) is 4.32. The minimum absolute atomic E-state index is 0.680. The van der Waals surface area contributed by atoms with Crippen molar-refractivity contribution < 1.29 is 0 Å². The van der Waals surface area contributed by atoms with Crippen molar-refractivity contribution in [2.45, 2.75) is 77.3 Å². The molecule has 0 aromatic carbocycles. The van der Waals surface area contributed by atoms with E-state index in [2.05, 4.69) is 31.1 Å². The number of hydrogen-bond donors (Lipinski definition) is 1. The monoisotopic (exact) mass is 240 g/mol. The molecule has 1 saturated carbocycles. The quantitative estimate of drug-likeness (QED) is 0.654. The lowest BCUT2D eigenvalue weighted by molar-refractivity contribution is 0.160. The van der Waals surface area contributed by atoms with Gasteiger partial charge in [0, 0.05) is 12.1 Å². The highest BCUT2D eigenvalue weighted by molar-refractivity contribution is 4.75. The van der Waals surface area contributed by atoms with Gasteiger partial charge in [-0.1, -0.05) is 32.6 Å². The van der Waals surface area contributed by atoms with Gasteiger partial charge in [-0.2, -0.15) is 0 Å². The van der Waals surface area contributed by atoms with Crippen LogP contribution in [0.5, 0.6) is 0 Å². The standard InChI is InChI=1S/C15H32N2/c1-4-17(15-11-6-5-7-12-15)13-9-8-10-14(2)16-3/h14-16H,4-13H2,1-3H3. The molecule has 1 fully saturated rings. The number of unbranched alkanes of at least 4 members (excludes halogenated alkanes) is 1. The summed E-state index contributed by atoms with van der Waals surface area (Å²) < 4.78 is 0. The Morgan fingerprint density at radius 3 is 2.47 bits per heavy atom.